The fraction of sp³-hybridized carbons (Fsp3) is 0.143. The number of hydrogen-bond acceptors (Lipinski definition) is 3. The van der Waals surface area contributed by atoms with Crippen LogP contribution in [-0.2, 0) is 0 Å². The van der Waals surface area contributed by atoms with Gasteiger partial charge in [0.15, 0.2) is 0 Å². The van der Waals surface area contributed by atoms with E-state index in [0.29, 0.717) is 16.9 Å². The number of nitrogens with zero attached hydrogens (tertiary/aromatic N) is 1. The molecule has 19 heavy (non-hydrogen) atoms. The molecule has 0 spiro atoms. The van der Waals surface area contributed by atoms with Crippen molar-refractivity contribution >= 4 is 33.2 Å². The number of nitrogens with one attached hydrogen (secondary N) is 1. The summed E-state index contributed by atoms with van der Waals surface area (Å²) in [7, 11) is 0. The van der Waals surface area contributed by atoms with Gasteiger partial charge in [0.1, 0.15) is 4.60 Å². The number of benzene rings is 1. The van der Waals surface area contributed by atoms with Crippen molar-refractivity contribution in [3.05, 3.63) is 51.8 Å². The molecule has 0 radical (unpaired) electrons. The van der Waals surface area contributed by atoms with Crippen LogP contribution in [0.5, 0.6) is 0 Å². The molecule has 4 nitrogen and oxygen atoms in total. The minimum absolute atomic E-state index is 0.183. The van der Waals surface area contributed by atoms with Crippen molar-refractivity contribution in [3.63, 3.8) is 0 Å². The summed E-state index contributed by atoms with van der Waals surface area (Å²) in [6, 6.07) is 8.88. The number of nitrogens with two attached hydrogens (primary N) is 1. The number of halogens is 1. The monoisotopic (exact) mass is 319 g/mol. The summed E-state index contributed by atoms with van der Waals surface area (Å²) >= 11 is 3.29. The summed E-state index contributed by atoms with van der Waals surface area (Å²) in [5, 5.41) is 2.84. The summed E-state index contributed by atoms with van der Waals surface area (Å²) < 4.78 is 0.739. The van der Waals surface area contributed by atoms with E-state index < -0.39 is 0 Å². The summed E-state index contributed by atoms with van der Waals surface area (Å²) in [5.41, 5.74) is 9.18. The van der Waals surface area contributed by atoms with Gasteiger partial charge in [-0.2, -0.15) is 0 Å². The van der Waals surface area contributed by atoms with Gasteiger partial charge in [-0.25, -0.2) is 4.98 Å². The predicted molar refractivity (Wildman–Crippen MR) is 80.2 cm³/mol. The smallest absolute Gasteiger partial charge is 0.256 e. The van der Waals surface area contributed by atoms with Crippen molar-refractivity contribution in [1.29, 1.82) is 0 Å². The third kappa shape index (κ3) is 3.12. The highest BCUT2D eigenvalue weighted by Gasteiger charge is 2.11. The summed E-state index contributed by atoms with van der Waals surface area (Å²) in [6.07, 6.45) is 0. The molecule has 5 heteroatoms. The van der Waals surface area contributed by atoms with Crippen LogP contribution in [-0.4, -0.2) is 10.9 Å². The fourth-order valence-electron chi connectivity index (χ4n) is 1.74. The minimum atomic E-state index is -0.183. The van der Waals surface area contributed by atoms with Crippen molar-refractivity contribution in [2.24, 2.45) is 0 Å². The zero-order valence-electron chi connectivity index (χ0n) is 10.7. The van der Waals surface area contributed by atoms with Crippen molar-refractivity contribution in [3.8, 4) is 0 Å². The Balaban J connectivity index is 2.28. The molecular formula is C14H14BrN3O. The zero-order chi connectivity index (χ0) is 14.0. The molecule has 0 bridgehead atoms. The first-order valence-electron chi connectivity index (χ1n) is 5.78. The van der Waals surface area contributed by atoms with Crippen LogP contribution in [0.1, 0.15) is 21.6 Å². The molecule has 1 aromatic carbocycles. The van der Waals surface area contributed by atoms with Gasteiger partial charge in [-0.05, 0) is 59.6 Å². The number of pyridine rings is 1. The number of amides is 1. The SMILES string of the molecule is Cc1ccc(N)cc1C(=O)Nc1ccc(Br)nc1C. The second kappa shape index (κ2) is 5.40. The first-order valence-corrected chi connectivity index (χ1v) is 6.57. The number of rotatable bonds is 2. The third-order valence-electron chi connectivity index (χ3n) is 2.81. The highest BCUT2D eigenvalue weighted by atomic mass is 79.9. The van der Waals surface area contributed by atoms with Gasteiger partial charge in [0.05, 0.1) is 11.4 Å². The lowest BCUT2D eigenvalue weighted by molar-refractivity contribution is 0.102. The van der Waals surface area contributed by atoms with Crippen LogP contribution in [0.15, 0.2) is 34.9 Å². The second-order valence-corrected chi connectivity index (χ2v) is 5.11. The number of aryl methyl sites for hydroxylation is 2. The number of carbonyl (C=O) groups is 1. The highest BCUT2D eigenvalue weighted by Crippen LogP contribution is 2.19. The normalized spacial score (nSPS) is 10.3. The predicted octanol–water partition coefficient (Wildman–Crippen LogP) is 3.30. The van der Waals surface area contributed by atoms with Crippen LogP contribution < -0.4 is 11.1 Å². The Labute approximate surface area is 120 Å². The molecular weight excluding hydrogens is 306 g/mol. The van der Waals surface area contributed by atoms with Gasteiger partial charge in [-0.3, -0.25) is 4.79 Å². The molecule has 0 aliphatic carbocycles. The topological polar surface area (TPSA) is 68.0 Å². The van der Waals surface area contributed by atoms with E-state index >= 15 is 0 Å². The van der Waals surface area contributed by atoms with Crippen molar-refractivity contribution in [1.82, 2.24) is 4.98 Å². The van der Waals surface area contributed by atoms with E-state index in [2.05, 4.69) is 26.2 Å². The number of nitrogen functional groups attached to an aromatic ring is 1. The summed E-state index contributed by atoms with van der Waals surface area (Å²) in [5.74, 6) is -0.183. The molecule has 2 aromatic rings. The van der Waals surface area contributed by atoms with E-state index in [1.807, 2.05) is 26.0 Å². The van der Waals surface area contributed by atoms with E-state index in [1.54, 1.807) is 18.2 Å². The molecule has 0 fully saturated rings. The van der Waals surface area contributed by atoms with Gasteiger partial charge in [0, 0.05) is 11.3 Å². The lowest BCUT2D eigenvalue weighted by atomic mass is 10.1. The molecule has 98 valence electrons. The van der Waals surface area contributed by atoms with Crippen molar-refractivity contribution in [2.75, 3.05) is 11.1 Å². The average Bonchev–Trinajstić information content (AvgIpc) is 2.35. The maximum atomic E-state index is 12.2. The van der Waals surface area contributed by atoms with E-state index in [-0.39, 0.29) is 5.91 Å². The standard InChI is InChI=1S/C14H14BrN3O/c1-8-3-4-10(16)7-11(8)14(19)18-12-5-6-13(15)17-9(12)2/h3-7H,16H2,1-2H3,(H,18,19). The number of aromatic nitrogens is 1. The van der Waals surface area contributed by atoms with Gasteiger partial charge < -0.3 is 11.1 Å². The largest absolute Gasteiger partial charge is 0.399 e. The van der Waals surface area contributed by atoms with Crippen LogP contribution in [0.25, 0.3) is 0 Å². The molecule has 1 amide bonds. The van der Waals surface area contributed by atoms with Crippen LogP contribution in [0.3, 0.4) is 0 Å². The third-order valence-corrected chi connectivity index (χ3v) is 3.25. The quantitative estimate of drug-likeness (QED) is 0.659. The van der Waals surface area contributed by atoms with E-state index in [0.717, 1.165) is 15.9 Å². The van der Waals surface area contributed by atoms with Gasteiger partial charge in [0.2, 0.25) is 0 Å². The average molecular weight is 320 g/mol. The number of carbonyl (C=O) groups excluding carboxylic acids is 1. The maximum Gasteiger partial charge on any atom is 0.256 e. The summed E-state index contributed by atoms with van der Waals surface area (Å²) in [6.45, 7) is 3.72. The lowest BCUT2D eigenvalue weighted by Crippen LogP contribution is -2.15. The Hall–Kier alpha value is -1.88. The van der Waals surface area contributed by atoms with E-state index in [4.69, 9.17) is 5.73 Å². The molecule has 1 heterocycles. The van der Waals surface area contributed by atoms with Crippen LogP contribution in [0, 0.1) is 13.8 Å². The highest BCUT2D eigenvalue weighted by molar-refractivity contribution is 9.10. The second-order valence-electron chi connectivity index (χ2n) is 4.30. The maximum absolute atomic E-state index is 12.2. The van der Waals surface area contributed by atoms with Crippen molar-refractivity contribution < 1.29 is 4.79 Å². The minimum Gasteiger partial charge on any atom is -0.399 e. The fourth-order valence-corrected chi connectivity index (χ4v) is 2.13. The molecule has 0 saturated heterocycles. The Morgan fingerprint density at radius 2 is 2.00 bits per heavy atom. The molecule has 0 aliphatic rings. The summed E-state index contributed by atoms with van der Waals surface area (Å²) in [4.78, 5) is 16.5. The van der Waals surface area contributed by atoms with Gasteiger partial charge in [-0.1, -0.05) is 6.07 Å². The molecule has 0 saturated carbocycles. The Morgan fingerprint density at radius 3 is 2.68 bits per heavy atom. The molecule has 1 aromatic heterocycles. The molecule has 0 atom stereocenters. The molecule has 0 aliphatic heterocycles. The molecule has 3 N–H and O–H groups in total. The van der Waals surface area contributed by atoms with Gasteiger partial charge in [-0.15, -0.1) is 0 Å². The first-order chi connectivity index (χ1) is 8.97. The van der Waals surface area contributed by atoms with Crippen LogP contribution in [0.4, 0.5) is 11.4 Å². The number of anilines is 2. The Bertz CT molecular complexity index is 641. The van der Waals surface area contributed by atoms with E-state index in [9.17, 15) is 4.79 Å². The van der Waals surface area contributed by atoms with E-state index in [1.165, 1.54) is 0 Å². The van der Waals surface area contributed by atoms with Gasteiger partial charge >= 0.3 is 0 Å². The number of hydrogen-bond donors (Lipinski definition) is 2. The Kier molecular flexibility index (Phi) is 3.85. The Morgan fingerprint density at radius 1 is 1.26 bits per heavy atom. The van der Waals surface area contributed by atoms with Gasteiger partial charge in [0.25, 0.3) is 5.91 Å². The lowest BCUT2D eigenvalue weighted by Gasteiger charge is -2.10. The first kappa shape index (κ1) is 13.5. The molecule has 2 rings (SSSR count). The van der Waals surface area contributed by atoms with Crippen LogP contribution in [0.2, 0.25) is 0 Å². The zero-order valence-corrected chi connectivity index (χ0v) is 12.3. The van der Waals surface area contributed by atoms with Crippen LogP contribution >= 0.6 is 15.9 Å². The molecule has 0 unspecified atom stereocenters. The van der Waals surface area contributed by atoms with Crippen molar-refractivity contribution in [2.45, 2.75) is 13.8 Å².